The molecule has 0 atom stereocenters. The third-order valence-corrected chi connectivity index (χ3v) is 3.57. The first kappa shape index (κ1) is 14.8. The van der Waals surface area contributed by atoms with Crippen LogP contribution in [0, 0.1) is 5.82 Å². The van der Waals surface area contributed by atoms with E-state index in [0.717, 1.165) is 0 Å². The van der Waals surface area contributed by atoms with Gasteiger partial charge in [0.1, 0.15) is 0 Å². The summed E-state index contributed by atoms with van der Waals surface area (Å²) in [6.45, 7) is 2.65. The highest BCUT2D eigenvalue weighted by molar-refractivity contribution is 9.10. The molecular weight excluding hydrogens is 325 g/mol. The minimum atomic E-state index is -0.473. The minimum absolute atomic E-state index is 0.126. The van der Waals surface area contributed by atoms with Crippen LogP contribution in [0.4, 0.5) is 4.39 Å². The Labute approximate surface area is 125 Å². The highest BCUT2D eigenvalue weighted by Crippen LogP contribution is 2.35. The van der Waals surface area contributed by atoms with E-state index < -0.39 is 5.82 Å². The molecule has 3 nitrogen and oxygen atoms in total. The molecule has 106 valence electrons. The van der Waals surface area contributed by atoms with Crippen LogP contribution in [0.2, 0.25) is 0 Å². The van der Waals surface area contributed by atoms with Crippen molar-refractivity contribution in [2.75, 3.05) is 6.61 Å². The maximum Gasteiger partial charge on any atom is 0.180 e. The van der Waals surface area contributed by atoms with Crippen molar-refractivity contribution >= 4 is 15.9 Å². The second kappa shape index (κ2) is 6.72. The Bertz CT molecular complexity index is 604. The highest BCUT2D eigenvalue weighted by Gasteiger charge is 2.14. The molecule has 0 amide bonds. The third-order valence-electron chi connectivity index (χ3n) is 2.72. The van der Waals surface area contributed by atoms with Crippen molar-refractivity contribution < 1.29 is 13.9 Å². The first-order valence-electron chi connectivity index (χ1n) is 6.24. The van der Waals surface area contributed by atoms with E-state index in [2.05, 4.69) is 15.9 Å². The standard InChI is InChI=1S/C15H15BrFNO2/c1-2-19-11-5-3-4-6-12(11)20-13-8-7-10(9-18)14(16)15(13)17/h3-8H,2,9,18H2,1H3. The molecule has 2 aromatic carbocycles. The first-order valence-corrected chi connectivity index (χ1v) is 7.03. The second-order valence-corrected chi connectivity index (χ2v) is 4.83. The van der Waals surface area contributed by atoms with Gasteiger partial charge in [0.25, 0.3) is 0 Å². The van der Waals surface area contributed by atoms with Crippen LogP contribution in [0.25, 0.3) is 0 Å². The van der Waals surface area contributed by atoms with Crippen LogP contribution in [-0.4, -0.2) is 6.61 Å². The predicted octanol–water partition coefficient (Wildman–Crippen LogP) is 4.24. The lowest BCUT2D eigenvalue weighted by atomic mass is 10.2. The first-order chi connectivity index (χ1) is 9.67. The van der Waals surface area contributed by atoms with Gasteiger partial charge in [-0.2, -0.15) is 0 Å². The van der Waals surface area contributed by atoms with E-state index >= 15 is 0 Å². The van der Waals surface area contributed by atoms with Crippen molar-refractivity contribution in [2.45, 2.75) is 13.5 Å². The largest absolute Gasteiger partial charge is 0.490 e. The molecule has 20 heavy (non-hydrogen) atoms. The number of para-hydroxylation sites is 2. The van der Waals surface area contributed by atoms with Gasteiger partial charge in [-0.3, -0.25) is 0 Å². The molecule has 0 heterocycles. The summed E-state index contributed by atoms with van der Waals surface area (Å²) in [5.41, 5.74) is 6.22. The fraction of sp³-hybridized carbons (Fsp3) is 0.200. The molecule has 0 saturated carbocycles. The topological polar surface area (TPSA) is 44.5 Å². The Morgan fingerprint density at radius 3 is 2.45 bits per heavy atom. The molecule has 0 unspecified atom stereocenters. The maximum atomic E-state index is 14.2. The van der Waals surface area contributed by atoms with Crippen LogP contribution in [0.15, 0.2) is 40.9 Å². The van der Waals surface area contributed by atoms with Crippen molar-refractivity contribution in [3.8, 4) is 17.2 Å². The molecule has 2 aromatic rings. The molecule has 0 radical (unpaired) electrons. The molecule has 0 fully saturated rings. The van der Waals surface area contributed by atoms with Gasteiger partial charge in [-0.25, -0.2) is 4.39 Å². The minimum Gasteiger partial charge on any atom is -0.490 e. The summed E-state index contributed by atoms with van der Waals surface area (Å²) < 4.78 is 25.6. The summed E-state index contributed by atoms with van der Waals surface area (Å²) in [5, 5.41) is 0. The number of rotatable bonds is 5. The number of benzene rings is 2. The zero-order valence-corrected chi connectivity index (χ0v) is 12.6. The third kappa shape index (κ3) is 3.11. The van der Waals surface area contributed by atoms with Crippen molar-refractivity contribution in [1.29, 1.82) is 0 Å². The van der Waals surface area contributed by atoms with Crippen LogP contribution >= 0.6 is 15.9 Å². The van der Waals surface area contributed by atoms with Crippen LogP contribution in [0.3, 0.4) is 0 Å². The molecule has 0 bridgehead atoms. The van der Waals surface area contributed by atoms with Crippen LogP contribution < -0.4 is 15.2 Å². The van der Waals surface area contributed by atoms with Crippen molar-refractivity contribution in [3.63, 3.8) is 0 Å². The lowest BCUT2D eigenvalue weighted by molar-refractivity contribution is 0.318. The summed E-state index contributed by atoms with van der Waals surface area (Å²) in [6, 6.07) is 10.4. The van der Waals surface area contributed by atoms with E-state index in [-0.39, 0.29) is 12.3 Å². The molecule has 0 spiro atoms. The Hall–Kier alpha value is -1.59. The number of hydrogen-bond donors (Lipinski definition) is 1. The van der Waals surface area contributed by atoms with Gasteiger partial charge in [0.15, 0.2) is 23.1 Å². The van der Waals surface area contributed by atoms with Crippen molar-refractivity contribution in [1.82, 2.24) is 0 Å². The monoisotopic (exact) mass is 339 g/mol. The molecule has 0 aliphatic rings. The summed E-state index contributed by atoms with van der Waals surface area (Å²) in [4.78, 5) is 0. The van der Waals surface area contributed by atoms with Gasteiger partial charge in [0.2, 0.25) is 0 Å². The van der Waals surface area contributed by atoms with E-state index in [9.17, 15) is 4.39 Å². The van der Waals surface area contributed by atoms with Gasteiger partial charge >= 0.3 is 0 Å². The number of hydrogen-bond acceptors (Lipinski definition) is 3. The van der Waals surface area contributed by atoms with E-state index in [0.29, 0.717) is 28.1 Å². The Morgan fingerprint density at radius 2 is 1.80 bits per heavy atom. The quantitative estimate of drug-likeness (QED) is 0.886. The van der Waals surface area contributed by atoms with Gasteiger partial charge in [-0.1, -0.05) is 18.2 Å². The summed E-state index contributed by atoms with van der Waals surface area (Å²) in [5.74, 6) is 0.703. The Kier molecular flexibility index (Phi) is 4.98. The zero-order valence-electron chi connectivity index (χ0n) is 11.0. The molecule has 2 N–H and O–H groups in total. The molecule has 0 aliphatic heterocycles. The molecular formula is C15H15BrFNO2. The normalized spacial score (nSPS) is 10.4. The van der Waals surface area contributed by atoms with Crippen LogP contribution in [-0.2, 0) is 6.54 Å². The van der Waals surface area contributed by atoms with E-state index in [1.807, 2.05) is 13.0 Å². The van der Waals surface area contributed by atoms with Crippen molar-refractivity contribution in [3.05, 3.63) is 52.3 Å². The van der Waals surface area contributed by atoms with Gasteiger partial charge < -0.3 is 15.2 Å². The SMILES string of the molecule is CCOc1ccccc1Oc1ccc(CN)c(Br)c1F. The van der Waals surface area contributed by atoms with Crippen molar-refractivity contribution in [2.24, 2.45) is 5.73 Å². The van der Waals surface area contributed by atoms with Gasteiger partial charge in [0.05, 0.1) is 11.1 Å². The van der Waals surface area contributed by atoms with E-state index in [4.69, 9.17) is 15.2 Å². The molecule has 2 rings (SSSR count). The van der Waals surface area contributed by atoms with E-state index in [1.54, 1.807) is 30.3 Å². The Morgan fingerprint density at radius 1 is 1.10 bits per heavy atom. The lowest BCUT2D eigenvalue weighted by Crippen LogP contribution is -2.01. The summed E-state index contributed by atoms with van der Waals surface area (Å²) >= 11 is 3.19. The zero-order chi connectivity index (χ0) is 14.5. The number of nitrogens with two attached hydrogens (primary N) is 1. The number of ether oxygens (including phenoxy) is 2. The fourth-order valence-electron chi connectivity index (χ4n) is 1.74. The number of halogens is 2. The maximum absolute atomic E-state index is 14.2. The fourth-order valence-corrected chi connectivity index (χ4v) is 2.23. The van der Waals surface area contributed by atoms with Gasteiger partial charge in [-0.05, 0) is 46.6 Å². The predicted molar refractivity (Wildman–Crippen MR) is 79.7 cm³/mol. The molecule has 0 aliphatic carbocycles. The highest BCUT2D eigenvalue weighted by atomic mass is 79.9. The summed E-state index contributed by atoms with van der Waals surface area (Å²) in [6.07, 6.45) is 0. The van der Waals surface area contributed by atoms with E-state index in [1.165, 1.54) is 0 Å². The Balaban J connectivity index is 2.33. The molecule has 0 saturated heterocycles. The van der Waals surface area contributed by atoms with Crippen LogP contribution in [0.1, 0.15) is 12.5 Å². The van der Waals surface area contributed by atoms with Crippen LogP contribution in [0.5, 0.6) is 17.2 Å². The average Bonchev–Trinajstić information content (AvgIpc) is 2.46. The van der Waals surface area contributed by atoms with Gasteiger partial charge in [0, 0.05) is 6.54 Å². The average molecular weight is 340 g/mol. The smallest absolute Gasteiger partial charge is 0.180 e. The molecule has 5 heteroatoms. The molecule has 0 aromatic heterocycles. The summed E-state index contributed by atoms with van der Waals surface area (Å²) in [7, 11) is 0. The lowest BCUT2D eigenvalue weighted by Gasteiger charge is -2.13. The second-order valence-electron chi connectivity index (χ2n) is 4.04. The van der Waals surface area contributed by atoms with Gasteiger partial charge in [-0.15, -0.1) is 0 Å².